The quantitative estimate of drug-likeness (QED) is 0.640. The second-order valence-electron chi connectivity index (χ2n) is 7.17. The molecule has 7 nitrogen and oxygen atoms in total. The van der Waals surface area contributed by atoms with Gasteiger partial charge in [0.2, 0.25) is 5.91 Å². The number of halogens is 1. The Morgan fingerprint density at radius 2 is 1.92 bits per heavy atom. The Kier molecular flexibility index (Phi) is 4.66. The number of hydrogen-bond acceptors (Lipinski definition) is 6. The first-order chi connectivity index (χ1) is 12.2. The van der Waals surface area contributed by atoms with Crippen LogP contribution in [0.5, 0.6) is 0 Å². The minimum Gasteiger partial charge on any atom is -0.454 e. The standard InChI is InChI=1S/C18H19ClN4O3/c1-9-5-6-10(14(19)22-9)11-13(26-17(25)18(2,3)4)12-15(23-16(11)24)21-8-7-20-12/h5-8,11,13H,1-4H3,(H,21,23,24). The third kappa shape index (κ3) is 3.39. The smallest absolute Gasteiger partial charge is 0.311 e. The van der Waals surface area contributed by atoms with Crippen molar-refractivity contribution in [2.45, 2.75) is 39.7 Å². The van der Waals surface area contributed by atoms with Gasteiger partial charge in [-0.2, -0.15) is 0 Å². The second kappa shape index (κ2) is 6.64. The zero-order valence-electron chi connectivity index (χ0n) is 14.9. The summed E-state index contributed by atoms with van der Waals surface area (Å²) in [6.45, 7) is 7.02. The number of aryl methyl sites for hydroxylation is 1. The summed E-state index contributed by atoms with van der Waals surface area (Å²) < 4.78 is 5.72. The van der Waals surface area contributed by atoms with Crippen LogP contribution in [-0.2, 0) is 14.3 Å². The van der Waals surface area contributed by atoms with Crippen LogP contribution in [0.3, 0.4) is 0 Å². The molecule has 2 atom stereocenters. The summed E-state index contributed by atoms with van der Waals surface area (Å²) in [5.74, 6) is -1.42. The molecule has 2 unspecified atom stereocenters. The number of hydrogen-bond donors (Lipinski definition) is 1. The van der Waals surface area contributed by atoms with Gasteiger partial charge in [-0.3, -0.25) is 14.6 Å². The molecule has 0 fully saturated rings. The van der Waals surface area contributed by atoms with Crippen LogP contribution in [0, 0.1) is 12.3 Å². The topological polar surface area (TPSA) is 94.1 Å². The molecular weight excluding hydrogens is 356 g/mol. The third-order valence-corrected chi connectivity index (χ3v) is 4.32. The van der Waals surface area contributed by atoms with Crippen LogP contribution in [0.1, 0.15) is 49.7 Å². The molecule has 26 heavy (non-hydrogen) atoms. The van der Waals surface area contributed by atoms with Gasteiger partial charge >= 0.3 is 5.97 Å². The van der Waals surface area contributed by atoms with E-state index in [1.165, 1.54) is 12.4 Å². The molecule has 3 rings (SSSR count). The van der Waals surface area contributed by atoms with Gasteiger partial charge in [-0.05, 0) is 33.8 Å². The summed E-state index contributed by atoms with van der Waals surface area (Å²) in [5.41, 5.74) is 0.832. The first kappa shape index (κ1) is 18.3. The van der Waals surface area contributed by atoms with Gasteiger partial charge in [-0.15, -0.1) is 0 Å². The minimum absolute atomic E-state index is 0.189. The van der Waals surface area contributed by atoms with Crippen molar-refractivity contribution in [3.05, 3.63) is 46.6 Å². The third-order valence-electron chi connectivity index (χ3n) is 4.02. The molecule has 2 aromatic heterocycles. The monoisotopic (exact) mass is 374 g/mol. The number of rotatable bonds is 2. The van der Waals surface area contributed by atoms with E-state index >= 15 is 0 Å². The lowest BCUT2D eigenvalue weighted by Crippen LogP contribution is -2.37. The zero-order valence-corrected chi connectivity index (χ0v) is 15.7. The van der Waals surface area contributed by atoms with Crippen LogP contribution < -0.4 is 5.32 Å². The Morgan fingerprint density at radius 3 is 2.58 bits per heavy atom. The predicted molar refractivity (Wildman–Crippen MR) is 95.7 cm³/mol. The van der Waals surface area contributed by atoms with Crippen molar-refractivity contribution in [1.29, 1.82) is 0 Å². The van der Waals surface area contributed by atoms with Gasteiger partial charge in [0.1, 0.15) is 16.8 Å². The molecule has 0 spiro atoms. The molecule has 1 N–H and O–H groups in total. The lowest BCUT2D eigenvalue weighted by atomic mass is 9.88. The number of pyridine rings is 1. The van der Waals surface area contributed by atoms with Crippen molar-refractivity contribution >= 4 is 29.3 Å². The Bertz CT molecular complexity index is 879. The number of ether oxygens (including phenoxy) is 1. The van der Waals surface area contributed by atoms with Crippen LogP contribution in [0.15, 0.2) is 24.5 Å². The lowest BCUT2D eigenvalue weighted by Gasteiger charge is -2.33. The van der Waals surface area contributed by atoms with E-state index in [9.17, 15) is 9.59 Å². The van der Waals surface area contributed by atoms with Gasteiger partial charge in [0.05, 0.1) is 5.41 Å². The van der Waals surface area contributed by atoms with E-state index in [1.807, 2.05) is 0 Å². The highest BCUT2D eigenvalue weighted by Gasteiger charge is 2.43. The van der Waals surface area contributed by atoms with Crippen LogP contribution in [0.25, 0.3) is 0 Å². The number of fused-ring (bicyclic) bond motifs is 1. The molecule has 0 bridgehead atoms. The van der Waals surface area contributed by atoms with Crippen molar-refractivity contribution in [1.82, 2.24) is 15.0 Å². The van der Waals surface area contributed by atoms with Gasteiger partial charge in [0.15, 0.2) is 11.9 Å². The molecule has 2 aromatic rings. The van der Waals surface area contributed by atoms with E-state index in [2.05, 4.69) is 20.3 Å². The largest absolute Gasteiger partial charge is 0.454 e. The van der Waals surface area contributed by atoms with Gasteiger partial charge in [-0.25, -0.2) is 9.97 Å². The maximum atomic E-state index is 12.8. The zero-order chi connectivity index (χ0) is 19.1. The number of esters is 1. The molecule has 3 heterocycles. The summed E-state index contributed by atoms with van der Waals surface area (Å²) >= 11 is 6.28. The molecule has 8 heteroatoms. The summed E-state index contributed by atoms with van der Waals surface area (Å²) in [6.07, 6.45) is 2.00. The number of carbonyl (C=O) groups is 2. The van der Waals surface area contributed by atoms with Crippen molar-refractivity contribution < 1.29 is 14.3 Å². The van der Waals surface area contributed by atoms with Gasteiger partial charge in [0.25, 0.3) is 0 Å². The van der Waals surface area contributed by atoms with Crippen molar-refractivity contribution in [3.8, 4) is 0 Å². The summed E-state index contributed by atoms with van der Waals surface area (Å²) in [4.78, 5) is 37.9. The number of nitrogens with one attached hydrogen (secondary N) is 1. The molecule has 1 aliphatic rings. The Balaban J connectivity index is 2.11. The van der Waals surface area contributed by atoms with Crippen LogP contribution >= 0.6 is 11.6 Å². The molecule has 0 aliphatic carbocycles. The fourth-order valence-electron chi connectivity index (χ4n) is 2.63. The second-order valence-corrected chi connectivity index (χ2v) is 7.52. The number of nitrogens with zero attached hydrogens (tertiary/aromatic N) is 3. The molecule has 0 saturated carbocycles. The summed E-state index contributed by atoms with van der Waals surface area (Å²) in [6, 6.07) is 3.47. The summed E-state index contributed by atoms with van der Waals surface area (Å²) in [7, 11) is 0. The molecule has 0 aromatic carbocycles. The average molecular weight is 375 g/mol. The normalized spacial score (nSPS) is 19.5. The highest BCUT2D eigenvalue weighted by atomic mass is 35.5. The Hall–Kier alpha value is -2.54. The fraction of sp³-hybridized carbons (Fsp3) is 0.389. The average Bonchev–Trinajstić information content (AvgIpc) is 2.55. The first-order valence-electron chi connectivity index (χ1n) is 8.14. The highest BCUT2D eigenvalue weighted by molar-refractivity contribution is 6.30. The van der Waals surface area contributed by atoms with E-state index in [4.69, 9.17) is 16.3 Å². The van der Waals surface area contributed by atoms with Gasteiger partial charge in [-0.1, -0.05) is 17.7 Å². The fourth-order valence-corrected chi connectivity index (χ4v) is 2.95. The van der Waals surface area contributed by atoms with Crippen LogP contribution in [-0.4, -0.2) is 26.8 Å². The van der Waals surface area contributed by atoms with Gasteiger partial charge < -0.3 is 10.1 Å². The lowest BCUT2D eigenvalue weighted by molar-refractivity contribution is -0.161. The van der Waals surface area contributed by atoms with Crippen molar-refractivity contribution in [2.24, 2.45) is 5.41 Å². The number of amides is 1. The highest BCUT2D eigenvalue weighted by Crippen LogP contribution is 2.43. The van der Waals surface area contributed by atoms with Gasteiger partial charge in [0, 0.05) is 23.7 Å². The Morgan fingerprint density at radius 1 is 1.23 bits per heavy atom. The van der Waals surface area contributed by atoms with E-state index in [1.54, 1.807) is 39.8 Å². The van der Waals surface area contributed by atoms with E-state index < -0.39 is 23.4 Å². The van der Waals surface area contributed by atoms with Crippen molar-refractivity contribution in [2.75, 3.05) is 5.32 Å². The minimum atomic E-state index is -0.943. The maximum Gasteiger partial charge on any atom is 0.311 e. The first-order valence-corrected chi connectivity index (χ1v) is 8.52. The molecule has 1 amide bonds. The Labute approximate surface area is 156 Å². The van der Waals surface area contributed by atoms with E-state index in [-0.39, 0.29) is 16.9 Å². The molecule has 0 saturated heterocycles. The predicted octanol–water partition coefficient (Wildman–Crippen LogP) is 3.20. The SMILES string of the molecule is Cc1ccc(C2C(=O)Nc3nccnc3C2OC(=O)C(C)(C)C)c(Cl)n1. The molecule has 0 radical (unpaired) electrons. The van der Waals surface area contributed by atoms with Crippen LogP contribution in [0.4, 0.5) is 5.82 Å². The molecular formula is C18H19ClN4O3. The van der Waals surface area contributed by atoms with Crippen molar-refractivity contribution in [3.63, 3.8) is 0 Å². The maximum absolute atomic E-state index is 12.8. The molecule has 1 aliphatic heterocycles. The summed E-state index contributed by atoms with van der Waals surface area (Å²) in [5, 5.41) is 2.89. The van der Waals surface area contributed by atoms with E-state index in [0.717, 1.165) is 5.69 Å². The molecule has 136 valence electrons. The number of anilines is 1. The number of carbonyl (C=O) groups excluding carboxylic acids is 2. The number of aromatic nitrogens is 3. The van der Waals surface area contributed by atoms with Crippen LogP contribution in [0.2, 0.25) is 5.15 Å². The van der Waals surface area contributed by atoms with E-state index in [0.29, 0.717) is 11.3 Å².